The minimum Gasteiger partial charge on any atom is -0.325 e. The standard InChI is InChI=1S/C14H21N3O/c1-17(2)10-11-5-7-12(8-6-11)16-14(18)13-4-3-9-15-13/h5-8,13,15H,3-4,9-10H2,1-2H3,(H,16,18)/t13-/m0/s1. The molecule has 0 aliphatic carbocycles. The Morgan fingerprint density at radius 3 is 2.67 bits per heavy atom. The van der Waals surface area contributed by atoms with Gasteiger partial charge in [0.2, 0.25) is 5.91 Å². The van der Waals surface area contributed by atoms with E-state index in [1.807, 2.05) is 26.2 Å². The molecule has 4 heteroatoms. The lowest BCUT2D eigenvalue weighted by Crippen LogP contribution is -2.35. The molecule has 0 saturated carbocycles. The third-order valence-corrected chi connectivity index (χ3v) is 3.10. The van der Waals surface area contributed by atoms with Crippen LogP contribution in [0.3, 0.4) is 0 Å². The molecule has 1 saturated heterocycles. The Labute approximate surface area is 108 Å². The van der Waals surface area contributed by atoms with Crippen LogP contribution < -0.4 is 10.6 Å². The Morgan fingerprint density at radius 2 is 2.11 bits per heavy atom. The molecular formula is C14H21N3O. The van der Waals surface area contributed by atoms with Crippen molar-refractivity contribution in [3.05, 3.63) is 29.8 Å². The van der Waals surface area contributed by atoms with Crippen LogP contribution in [0.2, 0.25) is 0 Å². The summed E-state index contributed by atoms with van der Waals surface area (Å²) in [6.07, 6.45) is 2.02. The van der Waals surface area contributed by atoms with Gasteiger partial charge < -0.3 is 15.5 Å². The lowest BCUT2D eigenvalue weighted by atomic mass is 10.2. The number of carbonyl (C=O) groups excluding carboxylic acids is 1. The lowest BCUT2D eigenvalue weighted by molar-refractivity contribution is -0.117. The molecular weight excluding hydrogens is 226 g/mol. The molecule has 1 aliphatic heterocycles. The van der Waals surface area contributed by atoms with Gasteiger partial charge in [-0.25, -0.2) is 0 Å². The highest BCUT2D eigenvalue weighted by Gasteiger charge is 2.21. The molecule has 4 nitrogen and oxygen atoms in total. The molecule has 0 aromatic heterocycles. The third-order valence-electron chi connectivity index (χ3n) is 3.10. The molecule has 1 fully saturated rings. The van der Waals surface area contributed by atoms with E-state index >= 15 is 0 Å². The Balaban J connectivity index is 1.91. The molecule has 0 radical (unpaired) electrons. The van der Waals surface area contributed by atoms with Gasteiger partial charge in [0, 0.05) is 12.2 Å². The zero-order valence-corrected chi connectivity index (χ0v) is 11.1. The summed E-state index contributed by atoms with van der Waals surface area (Å²) < 4.78 is 0. The van der Waals surface area contributed by atoms with Gasteiger partial charge in [0.25, 0.3) is 0 Å². The van der Waals surface area contributed by atoms with E-state index in [0.29, 0.717) is 0 Å². The van der Waals surface area contributed by atoms with E-state index in [9.17, 15) is 4.79 Å². The van der Waals surface area contributed by atoms with Gasteiger partial charge in [0.05, 0.1) is 6.04 Å². The van der Waals surface area contributed by atoms with Crippen LogP contribution in [0.1, 0.15) is 18.4 Å². The van der Waals surface area contributed by atoms with Crippen LogP contribution >= 0.6 is 0 Å². The summed E-state index contributed by atoms with van der Waals surface area (Å²) >= 11 is 0. The summed E-state index contributed by atoms with van der Waals surface area (Å²) in [6.45, 7) is 1.86. The highest BCUT2D eigenvalue weighted by atomic mass is 16.2. The van der Waals surface area contributed by atoms with Crippen LogP contribution in [-0.2, 0) is 11.3 Å². The molecule has 0 bridgehead atoms. The van der Waals surface area contributed by atoms with Gasteiger partial charge in [-0.05, 0) is 51.2 Å². The Hall–Kier alpha value is -1.39. The summed E-state index contributed by atoms with van der Waals surface area (Å²) in [5.74, 6) is 0.0767. The van der Waals surface area contributed by atoms with Gasteiger partial charge in [-0.3, -0.25) is 4.79 Å². The summed E-state index contributed by atoms with van der Waals surface area (Å²) in [6, 6.07) is 8.01. The number of nitrogens with one attached hydrogen (secondary N) is 2. The molecule has 0 spiro atoms. The van der Waals surface area contributed by atoms with Crippen LogP contribution in [0.15, 0.2) is 24.3 Å². The Morgan fingerprint density at radius 1 is 1.39 bits per heavy atom. The normalized spacial score (nSPS) is 19.2. The number of amides is 1. The maximum absolute atomic E-state index is 11.9. The van der Waals surface area contributed by atoms with Crippen molar-refractivity contribution in [2.45, 2.75) is 25.4 Å². The largest absolute Gasteiger partial charge is 0.325 e. The van der Waals surface area contributed by atoms with Crippen molar-refractivity contribution in [2.24, 2.45) is 0 Å². The number of rotatable bonds is 4. The molecule has 1 aliphatic rings. The first kappa shape index (κ1) is 13.1. The molecule has 0 unspecified atom stereocenters. The highest BCUT2D eigenvalue weighted by molar-refractivity contribution is 5.95. The van der Waals surface area contributed by atoms with Crippen LogP contribution in [0, 0.1) is 0 Å². The van der Waals surface area contributed by atoms with Crippen molar-refractivity contribution in [2.75, 3.05) is 26.0 Å². The predicted molar refractivity (Wildman–Crippen MR) is 73.5 cm³/mol. The van der Waals surface area contributed by atoms with E-state index in [0.717, 1.165) is 31.6 Å². The average molecular weight is 247 g/mol. The third kappa shape index (κ3) is 3.55. The van der Waals surface area contributed by atoms with Crippen LogP contribution in [0.4, 0.5) is 5.69 Å². The van der Waals surface area contributed by atoms with Crippen LogP contribution in [0.5, 0.6) is 0 Å². The molecule has 98 valence electrons. The minimum atomic E-state index is -0.0218. The Kier molecular flexibility index (Phi) is 4.33. The van der Waals surface area contributed by atoms with Crippen molar-refractivity contribution in [3.63, 3.8) is 0 Å². The van der Waals surface area contributed by atoms with E-state index < -0.39 is 0 Å². The van der Waals surface area contributed by atoms with Crippen molar-refractivity contribution in [1.82, 2.24) is 10.2 Å². The average Bonchev–Trinajstić information content (AvgIpc) is 2.84. The van der Waals surface area contributed by atoms with E-state index in [-0.39, 0.29) is 11.9 Å². The fraction of sp³-hybridized carbons (Fsp3) is 0.500. The van der Waals surface area contributed by atoms with Crippen molar-refractivity contribution in [1.29, 1.82) is 0 Å². The van der Waals surface area contributed by atoms with Gasteiger partial charge in [0.1, 0.15) is 0 Å². The number of nitrogens with zero attached hydrogens (tertiary/aromatic N) is 1. The smallest absolute Gasteiger partial charge is 0.241 e. The summed E-state index contributed by atoms with van der Waals surface area (Å²) in [5, 5.41) is 6.14. The van der Waals surface area contributed by atoms with E-state index in [4.69, 9.17) is 0 Å². The lowest BCUT2D eigenvalue weighted by Gasteiger charge is -2.12. The second-order valence-corrected chi connectivity index (χ2v) is 5.07. The predicted octanol–water partition coefficient (Wildman–Crippen LogP) is 1.44. The number of benzene rings is 1. The fourth-order valence-electron chi connectivity index (χ4n) is 2.20. The van der Waals surface area contributed by atoms with E-state index in [1.165, 1.54) is 5.56 Å². The van der Waals surface area contributed by atoms with Gasteiger partial charge in [-0.15, -0.1) is 0 Å². The van der Waals surface area contributed by atoms with Gasteiger partial charge in [-0.2, -0.15) is 0 Å². The number of carbonyl (C=O) groups is 1. The first-order chi connectivity index (χ1) is 8.65. The van der Waals surface area contributed by atoms with E-state index in [1.54, 1.807) is 0 Å². The molecule has 2 N–H and O–H groups in total. The van der Waals surface area contributed by atoms with Crippen molar-refractivity contribution >= 4 is 11.6 Å². The topological polar surface area (TPSA) is 44.4 Å². The Bertz CT molecular complexity index is 394. The number of anilines is 1. The molecule has 1 aromatic rings. The first-order valence-electron chi connectivity index (χ1n) is 6.43. The minimum absolute atomic E-state index is 0.0218. The van der Waals surface area contributed by atoms with Crippen LogP contribution in [0.25, 0.3) is 0 Å². The molecule has 18 heavy (non-hydrogen) atoms. The van der Waals surface area contributed by atoms with Gasteiger partial charge >= 0.3 is 0 Å². The highest BCUT2D eigenvalue weighted by Crippen LogP contribution is 2.13. The van der Waals surface area contributed by atoms with Gasteiger partial charge in [0.15, 0.2) is 0 Å². The zero-order valence-electron chi connectivity index (χ0n) is 11.1. The molecule has 2 rings (SSSR count). The SMILES string of the molecule is CN(C)Cc1ccc(NC(=O)[C@@H]2CCCN2)cc1. The van der Waals surface area contributed by atoms with E-state index in [2.05, 4.69) is 27.7 Å². The second-order valence-electron chi connectivity index (χ2n) is 5.07. The maximum atomic E-state index is 11.9. The summed E-state index contributed by atoms with van der Waals surface area (Å²) in [4.78, 5) is 14.0. The van der Waals surface area contributed by atoms with Crippen molar-refractivity contribution in [3.8, 4) is 0 Å². The molecule has 1 aromatic carbocycles. The fourth-order valence-corrected chi connectivity index (χ4v) is 2.20. The molecule has 1 heterocycles. The van der Waals surface area contributed by atoms with Crippen molar-refractivity contribution < 1.29 is 4.79 Å². The second kappa shape index (κ2) is 5.98. The quantitative estimate of drug-likeness (QED) is 0.846. The number of hydrogen-bond donors (Lipinski definition) is 2. The summed E-state index contributed by atoms with van der Waals surface area (Å²) in [7, 11) is 4.09. The van der Waals surface area contributed by atoms with Crippen LogP contribution in [-0.4, -0.2) is 37.5 Å². The zero-order chi connectivity index (χ0) is 13.0. The maximum Gasteiger partial charge on any atom is 0.241 e. The van der Waals surface area contributed by atoms with Gasteiger partial charge in [-0.1, -0.05) is 12.1 Å². The molecule has 1 amide bonds. The molecule has 1 atom stereocenters. The monoisotopic (exact) mass is 247 g/mol. The number of hydrogen-bond acceptors (Lipinski definition) is 3. The first-order valence-corrected chi connectivity index (χ1v) is 6.43. The summed E-state index contributed by atoms with van der Waals surface area (Å²) in [5.41, 5.74) is 2.12.